The summed E-state index contributed by atoms with van der Waals surface area (Å²) in [6.07, 6.45) is 4.56. The van der Waals surface area contributed by atoms with Gasteiger partial charge in [-0.15, -0.1) is 0 Å². The Morgan fingerprint density at radius 1 is 1.57 bits per heavy atom. The van der Waals surface area contributed by atoms with Crippen LogP contribution in [0.4, 0.5) is 0 Å². The van der Waals surface area contributed by atoms with Crippen molar-refractivity contribution in [3.8, 4) is 0 Å². The molecule has 82 valence electrons. The molecule has 3 heteroatoms. The minimum Gasteiger partial charge on any atom is -0.371 e. The molecule has 0 aliphatic carbocycles. The van der Waals surface area contributed by atoms with Gasteiger partial charge >= 0.3 is 0 Å². The van der Waals surface area contributed by atoms with Crippen LogP contribution >= 0.6 is 0 Å². The van der Waals surface area contributed by atoms with Crippen LogP contribution in [0.25, 0.3) is 0 Å². The average molecular weight is 199 g/mol. The maximum absolute atomic E-state index is 11.6. The highest BCUT2D eigenvalue weighted by atomic mass is 16.6. The lowest BCUT2D eigenvalue weighted by Crippen LogP contribution is -2.33. The van der Waals surface area contributed by atoms with E-state index in [4.69, 9.17) is 4.74 Å². The lowest BCUT2D eigenvalue weighted by molar-refractivity contribution is -0.125. The van der Waals surface area contributed by atoms with E-state index in [1.807, 2.05) is 0 Å². The molecule has 1 aliphatic heterocycles. The standard InChI is InChI=1S/C11H21NO2/c1-3-5-6-9(4-2)11(13)12-7-10-8-14-10/h9-10H,3-8H2,1-2H3,(H,12,13)/t9-,10+/m0/s1. The summed E-state index contributed by atoms with van der Waals surface area (Å²) in [4.78, 5) is 11.6. The van der Waals surface area contributed by atoms with Crippen molar-refractivity contribution in [1.82, 2.24) is 5.32 Å². The Morgan fingerprint density at radius 2 is 2.29 bits per heavy atom. The number of amides is 1. The smallest absolute Gasteiger partial charge is 0.223 e. The lowest BCUT2D eigenvalue weighted by atomic mass is 9.98. The van der Waals surface area contributed by atoms with E-state index in [9.17, 15) is 4.79 Å². The molecule has 3 nitrogen and oxygen atoms in total. The zero-order valence-corrected chi connectivity index (χ0v) is 9.21. The molecule has 1 fully saturated rings. The number of rotatable bonds is 7. The molecule has 0 aromatic carbocycles. The van der Waals surface area contributed by atoms with Crippen LogP contribution < -0.4 is 5.32 Å². The van der Waals surface area contributed by atoms with Crippen LogP contribution in [0.3, 0.4) is 0 Å². The number of ether oxygens (including phenoxy) is 1. The summed E-state index contributed by atoms with van der Waals surface area (Å²) < 4.78 is 5.04. The van der Waals surface area contributed by atoms with Crippen LogP contribution in [0.1, 0.15) is 39.5 Å². The third-order valence-corrected chi connectivity index (χ3v) is 2.68. The van der Waals surface area contributed by atoms with Crippen molar-refractivity contribution in [1.29, 1.82) is 0 Å². The minimum absolute atomic E-state index is 0.202. The van der Waals surface area contributed by atoms with Gasteiger partial charge in [-0.2, -0.15) is 0 Å². The van der Waals surface area contributed by atoms with Crippen molar-refractivity contribution in [3.05, 3.63) is 0 Å². The van der Waals surface area contributed by atoms with Crippen molar-refractivity contribution >= 4 is 5.91 Å². The number of nitrogens with one attached hydrogen (secondary N) is 1. The first-order chi connectivity index (χ1) is 6.77. The van der Waals surface area contributed by atoms with Crippen molar-refractivity contribution in [3.63, 3.8) is 0 Å². The molecule has 0 saturated carbocycles. The molecule has 1 amide bonds. The average Bonchev–Trinajstić information content (AvgIpc) is 2.99. The summed E-state index contributed by atoms with van der Waals surface area (Å²) in [7, 11) is 0. The number of hydrogen-bond donors (Lipinski definition) is 1. The zero-order valence-electron chi connectivity index (χ0n) is 9.21. The number of hydrogen-bond acceptors (Lipinski definition) is 2. The van der Waals surface area contributed by atoms with Gasteiger partial charge in [0.25, 0.3) is 0 Å². The Hall–Kier alpha value is -0.570. The fraction of sp³-hybridized carbons (Fsp3) is 0.909. The highest BCUT2D eigenvalue weighted by Gasteiger charge is 2.24. The zero-order chi connectivity index (χ0) is 10.4. The van der Waals surface area contributed by atoms with E-state index in [1.165, 1.54) is 0 Å². The summed E-state index contributed by atoms with van der Waals surface area (Å²) >= 11 is 0. The minimum atomic E-state index is 0.202. The third-order valence-electron chi connectivity index (χ3n) is 2.68. The second-order valence-corrected chi connectivity index (χ2v) is 3.95. The number of unbranched alkanes of at least 4 members (excludes halogenated alkanes) is 1. The molecule has 0 spiro atoms. The lowest BCUT2D eigenvalue weighted by Gasteiger charge is -2.13. The molecule has 1 heterocycles. The molecule has 0 bridgehead atoms. The SMILES string of the molecule is CCCC[C@H](CC)C(=O)NC[C@@H]1CO1. The van der Waals surface area contributed by atoms with Gasteiger partial charge in [-0.1, -0.05) is 26.7 Å². The highest BCUT2D eigenvalue weighted by molar-refractivity contribution is 5.78. The van der Waals surface area contributed by atoms with Crippen LogP contribution in [0.2, 0.25) is 0 Å². The maximum atomic E-state index is 11.6. The molecule has 14 heavy (non-hydrogen) atoms. The topological polar surface area (TPSA) is 41.6 Å². The number of carbonyl (C=O) groups is 1. The Morgan fingerprint density at radius 3 is 2.79 bits per heavy atom. The van der Waals surface area contributed by atoms with Gasteiger partial charge in [0.1, 0.15) is 0 Å². The second-order valence-electron chi connectivity index (χ2n) is 3.95. The molecule has 0 aromatic rings. The van der Waals surface area contributed by atoms with Crippen molar-refractivity contribution < 1.29 is 9.53 Å². The van der Waals surface area contributed by atoms with E-state index < -0.39 is 0 Å². The van der Waals surface area contributed by atoms with E-state index in [0.29, 0.717) is 12.6 Å². The fourth-order valence-electron chi connectivity index (χ4n) is 1.52. The molecular weight excluding hydrogens is 178 g/mol. The maximum Gasteiger partial charge on any atom is 0.223 e. The molecule has 1 saturated heterocycles. The Bertz CT molecular complexity index is 178. The molecule has 0 unspecified atom stereocenters. The van der Waals surface area contributed by atoms with Gasteiger partial charge in [0.05, 0.1) is 12.7 Å². The van der Waals surface area contributed by atoms with Crippen LogP contribution in [0, 0.1) is 5.92 Å². The molecule has 2 atom stereocenters. The Kier molecular flexibility index (Phi) is 4.94. The van der Waals surface area contributed by atoms with E-state index in [2.05, 4.69) is 19.2 Å². The predicted octanol–water partition coefficient (Wildman–Crippen LogP) is 1.72. The summed E-state index contributed by atoms with van der Waals surface area (Å²) in [6, 6.07) is 0. The molecule has 1 rings (SSSR count). The van der Waals surface area contributed by atoms with Gasteiger partial charge in [-0.3, -0.25) is 4.79 Å². The second kappa shape index (κ2) is 6.02. The Labute approximate surface area is 86.2 Å². The molecule has 0 aromatic heterocycles. The van der Waals surface area contributed by atoms with Crippen molar-refractivity contribution in [2.45, 2.75) is 45.6 Å². The molecular formula is C11H21NO2. The third kappa shape index (κ3) is 4.09. The van der Waals surface area contributed by atoms with Gasteiger partial charge in [0.15, 0.2) is 0 Å². The van der Waals surface area contributed by atoms with Gasteiger partial charge in [-0.05, 0) is 12.8 Å². The van der Waals surface area contributed by atoms with Crippen molar-refractivity contribution in [2.24, 2.45) is 5.92 Å². The first-order valence-electron chi connectivity index (χ1n) is 5.67. The fourth-order valence-corrected chi connectivity index (χ4v) is 1.52. The van der Waals surface area contributed by atoms with Gasteiger partial charge in [-0.25, -0.2) is 0 Å². The van der Waals surface area contributed by atoms with Gasteiger partial charge in [0, 0.05) is 12.5 Å². The largest absolute Gasteiger partial charge is 0.371 e. The van der Waals surface area contributed by atoms with Crippen LogP contribution in [-0.4, -0.2) is 25.2 Å². The van der Waals surface area contributed by atoms with E-state index >= 15 is 0 Å². The van der Waals surface area contributed by atoms with E-state index in [1.54, 1.807) is 0 Å². The summed E-state index contributed by atoms with van der Waals surface area (Å²) in [5.41, 5.74) is 0. The monoisotopic (exact) mass is 199 g/mol. The van der Waals surface area contributed by atoms with E-state index in [-0.39, 0.29) is 11.8 Å². The van der Waals surface area contributed by atoms with Crippen LogP contribution in [0.15, 0.2) is 0 Å². The van der Waals surface area contributed by atoms with Crippen molar-refractivity contribution in [2.75, 3.05) is 13.2 Å². The Balaban J connectivity index is 2.15. The molecule has 1 aliphatic rings. The van der Waals surface area contributed by atoms with E-state index in [0.717, 1.165) is 32.3 Å². The van der Waals surface area contributed by atoms with Crippen LogP contribution in [0.5, 0.6) is 0 Å². The summed E-state index contributed by atoms with van der Waals surface area (Å²) in [5.74, 6) is 0.408. The predicted molar refractivity (Wildman–Crippen MR) is 56.1 cm³/mol. The summed E-state index contributed by atoms with van der Waals surface area (Å²) in [5, 5.41) is 2.94. The number of epoxide rings is 1. The first-order valence-corrected chi connectivity index (χ1v) is 5.67. The normalized spacial score (nSPS) is 21.7. The highest BCUT2D eigenvalue weighted by Crippen LogP contribution is 2.13. The summed E-state index contributed by atoms with van der Waals surface area (Å²) in [6.45, 7) is 5.74. The van der Waals surface area contributed by atoms with Gasteiger partial charge in [0.2, 0.25) is 5.91 Å². The van der Waals surface area contributed by atoms with Gasteiger partial charge < -0.3 is 10.1 Å². The molecule has 1 N–H and O–H groups in total. The molecule has 0 radical (unpaired) electrons. The first kappa shape index (κ1) is 11.5. The van der Waals surface area contributed by atoms with Crippen LogP contribution in [-0.2, 0) is 9.53 Å². The quantitative estimate of drug-likeness (QED) is 0.634. The number of carbonyl (C=O) groups excluding carboxylic acids is 1.